The van der Waals surface area contributed by atoms with Gasteiger partial charge in [0.15, 0.2) is 5.82 Å². The Hall–Kier alpha value is -3.80. The van der Waals surface area contributed by atoms with Crippen molar-refractivity contribution in [2.45, 2.75) is 35.6 Å². The van der Waals surface area contributed by atoms with Gasteiger partial charge >= 0.3 is 0 Å². The summed E-state index contributed by atoms with van der Waals surface area (Å²) in [6.07, 6.45) is 5.40. The van der Waals surface area contributed by atoms with Crippen LogP contribution in [0.3, 0.4) is 0 Å². The quantitative estimate of drug-likeness (QED) is 0.357. The highest BCUT2D eigenvalue weighted by Gasteiger charge is 2.31. The molecular formula is C23H24FN7O3S. The van der Waals surface area contributed by atoms with Gasteiger partial charge in [-0.2, -0.15) is 5.10 Å². The number of rotatable bonds is 7. The molecule has 0 radical (unpaired) electrons. The van der Waals surface area contributed by atoms with Gasteiger partial charge in [0.25, 0.3) is 5.91 Å². The third-order valence-electron chi connectivity index (χ3n) is 6.47. The fraction of sp³-hybridized carbons (Fsp3) is 0.304. The lowest BCUT2D eigenvalue weighted by Gasteiger charge is -2.35. The fourth-order valence-electron chi connectivity index (χ4n) is 4.29. The molecule has 12 heteroatoms. The molecule has 35 heavy (non-hydrogen) atoms. The molecule has 0 atom stereocenters. The van der Waals surface area contributed by atoms with Crippen molar-refractivity contribution in [2.24, 2.45) is 13.0 Å². The maximum Gasteiger partial charge on any atom is 0.267 e. The van der Waals surface area contributed by atoms with Crippen molar-refractivity contribution in [1.29, 1.82) is 0 Å². The molecule has 4 aromatic rings. The van der Waals surface area contributed by atoms with Crippen LogP contribution >= 0.6 is 0 Å². The highest BCUT2D eigenvalue weighted by Crippen LogP contribution is 2.30. The van der Waals surface area contributed by atoms with Crippen molar-refractivity contribution < 1.29 is 17.6 Å². The highest BCUT2D eigenvalue weighted by molar-refractivity contribution is 7.91. The van der Waals surface area contributed by atoms with Crippen molar-refractivity contribution in [3.63, 3.8) is 0 Å². The monoisotopic (exact) mass is 497 g/mol. The summed E-state index contributed by atoms with van der Waals surface area (Å²) in [6, 6.07) is 6.35. The number of aromatic nitrogens is 5. The standard InChI is InChI=1S/C23H24FN7O3S/c1-13-21(35(33,34)18-3-4-19-15(7-18)10-28-30-19)8-20(31(13)2)22(32)25-9-14-5-17(6-14)29-23-26-11-16(24)12-27-23/h3-4,7-8,10-12,14,17H,5-6,9H2,1-2H3,(H,25,32)(H,28,30)(H,26,27,29). The van der Waals surface area contributed by atoms with Gasteiger partial charge in [-0.05, 0) is 49.9 Å². The van der Waals surface area contributed by atoms with E-state index in [1.54, 1.807) is 36.9 Å². The largest absolute Gasteiger partial charge is 0.351 e. The van der Waals surface area contributed by atoms with Crippen LogP contribution in [0.2, 0.25) is 0 Å². The molecule has 0 saturated heterocycles. The van der Waals surface area contributed by atoms with Crippen LogP contribution in [-0.4, -0.2) is 51.6 Å². The molecule has 0 unspecified atom stereocenters. The summed E-state index contributed by atoms with van der Waals surface area (Å²) in [5.74, 6) is -0.182. The number of anilines is 1. The van der Waals surface area contributed by atoms with E-state index < -0.39 is 15.7 Å². The van der Waals surface area contributed by atoms with E-state index in [9.17, 15) is 17.6 Å². The van der Waals surface area contributed by atoms with Crippen LogP contribution in [0.4, 0.5) is 10.3 Å². The maximum atomic E-state index is 13.3. The number of carbonyl (C=O) groups excluding carboxylic acids is 1. The topological polar surface area (TPSA) is 135 Å². The minimum absolute atomic E-state index is 0.0974. The smallest absolute Gasteiger partial charge is 0.267 e. The average Bonchev–Trinajstić information content (AvgIpc) is 3.40. The fourth-order valence-corrected chi connectivity index (χ4v) is 5.87. The van der Waals surface area contributed by atoms with Gasteiger partial charge in [-0.1, -0.05) is 0 Å². The molecule has 1 aliphatic rings. The van der Waals surface area contributed by atoms with E-state index >= 15 is 0 Å². The number of fused-ring (bicyclic) bond motifs is 1. The number of hydrogen-bond donors (Lipinski definition) is 3. The van der Waals surface area contributed by atoms with Crippen molar-refractivity contribution in [3.05, 3.63) is 60.1 Å². The molecule has 3 heterocycles. The summed E-state index contributed by atoms with van der Waals surface area (Å²) in [7, 11) is -2.15. The number of aromatic amines is 1. The minimum atomic E-state index is -3.82. The third-order valence-corrected chi connectivity index (χ3v) is 8.34. The second kappa shape index (κ2) is 8.77. The van der Waals surface area contributed by atoms with Crippen molar-refractivity contribution >= 4 is 32.6 Å². The number of hydrogen-bond acceptors (Lipinski definition) is 7. The van der Waals surface area contributed by atoms with Gasteiger partial charge in [0.1, 0.15) is 5.69 Å². The number of halogens is 1. The molecule has 182 valence electrons. The minimum Gasteiger partial charge on any atom is -0.351 e. The Balaban J connectivity index is 1.23. The summed E-state index contributed by atoms with van der Waals surface area (Å²) < 4.78 is 41.2. The van der Waals surface area contributed by atoms with Gasteiger partial charge in [-0.15, -0.1) is 0 Å². The van der Waals surface area contributed by atoms with Gasteiger partial charge in [-0.25, -0.2) is 22.8 Å². The van der Waals surface area contributed by atoms with E-state index in [2.05, 4.69) is 30.8 Å². The molecule has 10 nitrogen and oxygen atoms in total. The van der Waals surface area contributed by atoms with E-state index in [0.717, 1.165) is 30.8 Å². The number of benzene rings is 1. The Bertz CT molecular complexity index is 1510. The second-order valence-corrected chi connectivity index (χ2v) is 10.7. The zero-order valence-electron chi connectivity index (χ0n) is 19.1. The van der Waals surface area contributed by atoms with Crippen LogP contribution in [0, 0.1) is 18.7 Å². The Morgan fingerprint density at radius 3 is 2.69 bits per heavy atom. The van der Waals surface area contributed by atoms with Crippen LogP contribution in [0.5, 0.6) is 0 Å². The third kappa shape index (κ3) is 4.36. The molecule has 1 amide bonds. The first kappa shape index (κ1) is 23.0. The average molecular weight is 498 g/mol. The summed E-state index contributed by atoms with van der Waals surface area (Å²) in [5, 5.41) is 13.5. The van der Waals surface area contributed by atoms with Crippen molar-refractivity contribution in [3.8, 4) is 0 Å². The lowest BCUT2D eigenvalue weighted by Crippen LogP contribution is -2.42. The number of amides is 1. The summed E-state index contributed by atoms with van der Waals surface area (Å²) >= 11 is 0. The molecule has 1 aromatic carbocycles. The first-order valence-electron chi connectivity index (χ1n) is 11.1. The maximum absolute atomic E-state index is 13.3. The molecule has 3 aromatic heterocycles. The van der Waals surface area contributed by atoms with E-state index in [-0.39, 0.29) is 33.4 Å². The van der Waals surface area contributed by atoms with Crippen LogP contribution < -0.4 is 10.6 Å². The summed E-state index contributed by atoms with van der Waals surface area (Å²) in [6.45, 7) is 2.14. The molecule has 5 rings (SSSR count). The molecule has 0 spiro atoms. The lowest BCUT2D eigenvalue weighted by molar-refractivity contribution is 0.0928. The predicted molar refractivity (Wildman–Crippen MR) is 126 cm³/mol. The van der Waals surface area contributed by atoms with Gasteiger partial charge in [0, 0.05) is 30.7 Å². The molecule has 0 aliphatic heterocycles. The second-order valence-electron chi connectivity index (χ2n) is 8.77. The first-order chi connectivity index (χ1) is 16.7. The Morgan fingerprint density at radius 2 is 1.94 bits per heavy atom. The van der Waals surface area contributed by atoms with E-state index in [0.29, 0.717) is 23.6 Å². The molecule has 1 aliphatic carbocycles. The molecular weight excluding hydrogens is 473 g/mol. The SMILES string of the molecule is Cc1c(S(=O)(=O)c2ccc3[nH]ncc3c2)cc(C(=O)NCC2CC(Nc3ncc(F)cn3)C2)n1C. The predicted octanol–water partition coefficient (Wildman–Crippen LogP) is 2.59. The number of nitrogens with one attached hydrogen (secondary N) is 3. The Morgan fingerprint density at radius 1 is 1.20 bits per heavy atom. The lowest BCUT2D eigenvalue weighted by atomic mass is 9.80. The first-order valence-corrected chi connectivity index (χ1v) is 12.6. The van der Waals surface area contributed by atoms with Crippen LogP contribution in [0.1, 0.15) is 29.0 Å². The van der Waals surface area contributed by atoms with Crippen molar-refractivity contribution in [2.75, 3.05) is 11.9 Å². The molecule has 1 saturated carbocycles. The van der Waals surface area contributed by atoms with E-state index in [1.165, 1.54) is 12.1 Å². The number of nitrogens with zero attached hydrogens (tertiary/aromatic N) is 4. The van der Waals surface area contributed by atoms with E-state index in [4.69, 9.17) is 0 Å². The van der Waals surface area contributed by atoms with Gasteiger partial charge in [0.05, 0.1) is 33.9 Å². The zero-order valence-corrected chi connectivity index (χ0v) is 19.9. The Labute approximate surface area is 200 Å². The van der Waals surface area contributed by atoms with Crippen LogP contribution in [-0.2, 0) is 16.9 Å². The molecule has 0 bridgehead atoms. The van der Waals surface area contributed by atoms with Crippen LogP contribution in [0.25, 0.3) is 10.9 Å². The van der Waals surface area contributed by atoms with Gasteiger partial charge in [0.2, 0.25) is 15.8 Å². The van der Waals surface area contributed by atoms with Gasteiger partial charge < -0.3 is 15.2 Å². The number of carbonyl (C=O) groups is 1. The Kier molecular flexibility index (Phi) is 5.75. The summed E-state index contributed by atoms with van der Waals surface area (Å²) in [4.78, 5) is 20.9. The van der Waals surface area contributed by atoms with E-state index in [1.807, 2.05) is 0 Å². The number of sulfone groups is 1. The molecule has 1 fully saturated rings. The zero-order chi connectivity index (χ0) is 24.7. The molecule has 3 N–H and O–H groups in total. The highest BCUT2D eigenvalue weighted by atomic mass is 32.2. The normalized spacial score (nSPS) is 17.8. The summed E-state index contributed by atoms with van der Waals surface area (Å²) in [5.41, 5.74) is 1.50. The van der Waals surface area contributed by atoms with Gasteiger partial charge in [-0.3, -0.25) is 9.89 Å². The van der Waals surface area contributed by atoms with Crippen molar-refractivity contribution in [1.82, 2.24) is 30.0 Å². The number of H-pyrrole nitrogens is 1. The van der Waals surface area contributed by atoms with Crippen LogP contribution in [0.15, 0.2) is 52.6 Å².